The maximum atomic E-state index is 14.5. The fraction of sp³-hybridized carbons (Fsp3) is 0.500. The van der Waals surface area contributed by atoms with E-state index in [1.54, 1.807) is 30.0 Å². The van der Waals surface area contributed by atoms with Gasteiger partial charge in [-0.05, 0) is 19.4 Å². The van der Waals surface area contributed by atoms with Crippen LogP contribution >= 0.6 is 0 Å². The summed E-state index contributed by atoms with van der Waals surface area (Å²) in [6, 6.07) is 4.63. The van der Waals surface area contributed by atoms with Crippen molar-refractivity contribution in [2.45, 2.75) is 43.8 Å². The van der Waals surface area contributed by atoms with Crippen LogP contribution in [0.4, 0.5) is 19.1 Å². The standard InChI is InChI=1S/C20H21F3N4O3S/c1-10-15(21)7-27(10)19-25-17(14-4-5-20(22,23)18(14)26-19)11-2-3-13-12(9-31(24,28)29)8-30-16(13)6-11/h2-3,6,10,12,15H,4-5,7-9H2,1H3,(H2,24,28,29)/t10-,12+,15-/m0/s1. The molecule has 1 aromatic carbocycles. The number of hydrogen-bond acceptors (Lipinski definition) is 6. The fourth-order valence-electron chi connectivity index (χ4n) is 4.45. The number of rotatable bonds is 4. The number of hydrogen-bond donors (Lipinski definition) is 1. The number of nitrogens with zero attached hydrogens (tertiary/aromatic N) is 3. The third-order valence-corrected chi connectivity index (χ3v) is 7.14. The lowest BCUT2D eigenvalue weighted by Crippen LogP contribution is -2.57. The maximum absolute atomic E-state index is 14.5. The van der Waals surface area contributed by atoms with Crippen LogP contribution in [0.15, 0.2) is 18.2 Å². The quantitative estimate of drug-likeness (QED) is 0.762. The molecule has 2 aromatic rings. The molecule has 0 unspecified atom stereocenters. The summed E-state index contributed by atoms with van der Waals surface area (Å²) in [4.78, 5) is 10.2. The van der Waals surface area contributed by atoms with Gasteiger partial charge in [0.15, 0.2) is 0 Å². The molecule has 7 nitrogen and oxygen atoms in total. The molecule has 1 saturated heterocycles. The molecule has 0 spiro atoms. The molecule has 0 radical (unpaired) electrons. The lowest BCUT2D eigenvalue weighted by molar-refractivity contribution is -0.00598. The Labute approximate surface area is 177 Å². The molecule has 166 valence electrons. The summed E-state index contributed by atoms with van der Waals surface area (Å²) >= 11 is 0. The Balaban J connectivity index is 1.57. The molecule has 0 saturated carbocycles. The highest BCUT2D eigenvalue weighted by molar-refractivity contribution is 7.89. The van der Waals surface area contributed by atoms with E-state index in [4.69, 9.17) is 9.88 Å². The van der Waals surface area contributed by atoms with Crippen LogP contribution in [0.5, 0.6) is 5.75 Å². The molecule has 11 heteroatoms. The summed E-state index contributed by atoms with van der Waals surface area (Å²) in [6.07, 6.45) is -1.28. The van der Waals surface area contributed by atoms with Gasteiger partial charge in [0.1, 0.15) is 17.6 Å². The summed E-state index contributed by atoms with van der Waals surface area (Å²) in [5.74, 6) is -3.14. The zero-order valence-electron chi connectivity index (χ0n) is 16.7. The van der Waals surface area contributed by atoms with E-state index in [9.17, 15) is 21.6 Å². The number of benzene rings is 1. The number of fused-ring (bicyclic) bond motifs is 2. The molecule has 0 amide bonds. The smallest absolute Gasteiger partial charge is 0.290 e. The Morgan fingerprint density at radius 2 is 2.10 bits per heavy atom. The minimum Gasteiger partial charge on any atom is -0.493 e. The van der Waals surface area contributed by atoms with Crippen LogP contribution < -0.4 is 14.8 Å². The van der Waals surface area contributed by atoms with E-state index < -0.39 is 34.1 Å². The molecule has 31 heavy (non-hydrogen) atoms. The first kappa shape index (κ1) is 20.5. The topological polar surface area (TPSA) is 98.4 Å². The van der Waals surface area contributed by atoms with Crippen LogP contribution in [0.1, 0.15) is 36.1 Å². The second-order valence-electron chi connectivity index (χ2n) is 8.40. The highest BCUT2D eigenvalue weighted by atomic mass is 32.2. The molecular formula is C20H21F3N4O3S. The number of aromatic nitrogens is 2. The minimum absolute atomic E-state index is 0.0630. The molecule has 3 heterocycles. The van der Waals surface area contributed by atoms with Gasteiger partial charge in [0, 0.05) is 29.0 Å². The van der Waals surface area contributed by atoms with E-state index in [1.165, 1.54) is 0 Å². The second kappa shape index (κ2) is 6.80. The van der Waals surface area contributed by atoms with Crippen molar-refractivity contribution in [3.8, 4) is 17.0 Å². The van der Waals surface area contributed by atoms with Gasteiger partial charge in [-0.15, -0.1) is 0 Å². The van der Waals surface area contributed by atoms with Gasteiger partial charge >= 0.3 is 0 Å². The van der Waals surface area contributed by atoms with Crippen LogP contribution in [0, 0.1) is 0 Å². The van der Waals surface area contributed by atoms with Gasteiger partial charge in [0.05, 0.1) is 30.6 Å². The van der Waals surface area contributed by atoms with Crippen molar-refractivity contribution < 1.29 is 26.3 Å². The summed E-state index contributed by atoms with van der Waals surface area (Å²) in [6.45, 7) is 1.90. The van der Waals surface area contributed by atoms with Crippen molar-refractivity contribution in [3.63, 3.8) is 0 Å². The van der Waals surface area contributed by atoms with Crippen molar-refractivity contribution in [1.29, 1.82) is 0 Å². The number of sulfonamides is 1. The van der Waals surface area contributed by atoms with Crippen LogP contribution in [0.3, 0.4) is 0 Å². The first-order chi connectivity index (χ1) is 14.5. The Hall–Kier alpha value is -2.40. The first-order valence-electron chi connectivity index (χ1n) is 10.0. The SMILES string of the molecule is C[C@H]1[C@@H](F)CN1c1nc(-c2ccc3c(c2)OC[C@@H]3CS(N)(=O)=O)c2c(n1)C(F)(F)CC2. The average molecular weight is 454 g/mol. The van der Waals surface area contributed by atoms with Gasteiger partial charge in [0.25, 0.3) is 5.92 Å². The Morgan fingerprint density at radius 1 is 1.32 bits per heavy atom. The Kier molecular flexibility index (Phi) is 4.50. The van der Waals surface area contributed by atoms with Crippen molar-refractivity contribution in [3.05, 3.63) is 35.0 Å². The fourth-order valence-corrected chi connectivity index (χ4v) is 5.29. The van der Waals surface area contributed by atoms with Gasteiger partial charge in [-0.25, -0.2) is 27.9 Å². The Morgan fingerprint density at radius 3 is 2.77 bits per heavy atom. The highest BCUT2D eigenvalue weighted by Crippen LogP contribution is 2.46. The molecule has 3 atom stereocenters. The summed E-state index contributed by atoms with van der Waals surface area (Å²) in [5, 5.41) is 5.16. The van der Waals surface area contributed by atoms with Crippen LogP contribution in [-0.4, -0.2) is 49.5 Å². The van der Waals surface area contributed by atoms with E-state index in [-0.39, 0.29) is 43.4 Å². The molecule has 1 fully saturated rings. The molecule has 0 bridgehead atoms. The van der Waals surface area contributed by atoms with Crippen molar-refractivity contribution in [2.24, 2.45) is 5.14 Å². The Bertz CT molecular complexity index is 1170. The third-order valence-electron chi connectivity index (χ3n) is 6.27. The number of anilines is 1. The number of ether oxygens (including phenoxy) is 1. The molecule has 2 N–H and O–H groups in total. The van der Waals surface area contributed by atoms with Gasteiger partial charge in [-0.3, -0.25) is 0 Å². The van der Waals surface area contributed by atoms with Gasteiger partial charge < -0.3 is 9.64 Å². The average Bonchev–Trinajstić information content (AvgIpc) is 3.24. The van der Waals surface area contributed by atoms with E-state index in [1.807, 2.05) is 0 Å². The summed E-state index contributed by atoms with van der Waals surface area (Å²) in [5.41, 5.74) is 1.70. The second-order valence-corrected chi connectivity index (χ2v) is 10.1. The van der Waals surface area contributed by atoms with Gasteiger partial charge in [-0.2, -0.15) is 8.78 Å². The molecule has 5 rings (SSSR count). The van der Waals surface area contributed by atoms with Gasteiger partial charge in [0.2, 0.25) is 16.0 Å². The van der Waals surface area contributed by atoms with Crippen LogP contribution in [-0.2, 0) is 22.4 Å². The van der Waals surface area contributed by atoms with E-state index in [0.29, 0.717) is 28.1 Å². The number of primary sulfonamides is 1. The summed E-state index contributed by atoms with van der Waals surface area (Å²) < 4.78 is 71.3. The molecule has 3 aliphatic rings. The predicted octanol–water partition coefficient (Wildman–Crippen LogP) is 2.49. The first-order valence-corrected chi connectivity index (χ1v) is 11.7. The van der Waals surface area contributed by atoms with Crippen LogP contribution in [0.2, 0.25) is 0 Å². The maximum Gasteiger partial charge on any atom is 0.290 e. The number of halogens is 3. The normalized spacial score (nSPS) is 26.2. The van der Waals surface area contributed by atoms with Crippen molar-refractivity contribution in [2.75, 3.05) is 23.8 Å². The molecule has 1 aromatic heterocycles. The number of alkyl halides is 3. The van der Waals surface area contributed by atoms with Crippen molar-refractivity contribution in [1.82, 2.24) is 9.97 Å². The third kappa shape index (κ3) is 3.43. The lowest BCUT2D eigenvalue weighted by atomic mass is 9.98. The van der Waals surface area contributed by atoms with Crippen molar-refractivity contribution >= 4 is 16.0 Å². The van der Waals surface area contributed by atoms with E-state index in [0.717, 1.165) is 0 Å². The zero-order chi connectivity index (χ0) is 22.1. The monoisotopic (exact) mass is 454 g/mol. The summed E-state index contributed by atoms with van der Waals surface area (Å²) in [7, 11) is -3.68. The largest absolute Gasteiger partial charge is 0.493 e. The molecule has 2 aliphatic heterocycles. The molecule has 1 aliphatic carbocycles. The lowest BCUT2D eigenvalue weighted by Gasteiger charge is -2.42. The zero-order valence-corrected chi connectivity index (χ0v) is 17.5. The van der Waals surface area contributed by atoms with Crippen LogP contribution in [0.25, 0.3) is 11.3 Å². The van der Waals surface area contributed by atoms with E-state index >= 15 is 0 Å². The van der Waals surface area contributed by atoms with Gasteiger partial charge in [-0.1, -0.05) is 12.1 Å². The predicted molar refractivity (Wildman–Crippen MR) is 108 cm³/mol. The molecular weight excluding hydrogens is 433 g/mol. The van der Waals surface area contributed by atoms with E-state index in [2.05, 4.69) is 9.97 Å². The highest BCUT2D eigenvalue weighted by Gasteiger charge is 2.45. The minimum atomic E-state index is -3.68. The number of nitrogens with two attached hydrogens (primary N) is 1.